The summed E-state index contributed by atoms with van der Waals surface area (Å²) < 4.78 is 12.8. The molecule has 1 N–H and O–H groups in total. The van der Waals surface area contributed by atoms with Gasteiger partial charge in [-0.1, -0.05) is 0 Å². The second-order valence-corrected chi connectivity index (χ2v) is 6.49. The molecule has 2 aliphatic heterocycles. The molecule has 23 heavy (non-hydrogen) atoms. The van der Waals surface area contributed by atoms with Crippen molar-refractivity contribution in [3.8, 4) is 0 Å². The van der Waals surface area contributed by atoms with Crippen LogP contribution >= 0.6 is 0 Å². The molecule has 3 rings (SSSR count). The molecule has 1 aromatic heterocycles. The number of ether oxygens (including phenoxy) is 2. The standard InChI is InChI=1S/C16H26N4O3/c1-19-9-12(8-18-19)10-20-5-3-13-7-14(23-15(13)11-20)16(21)17-4-6-22-2/h8-9,13-15H,3-7,10-11H2,1-2H3,(H,17,21)/t13-,14+,15+/m0/s1. The highest BCUT2D eigenvalue weighted by molar-refractivity contribution is 5.81. The highest BCUT2D eigenvalue weighted by Crippen LogP contribution is 2.33. The number of amides is 1. The van der Waals surface area contributed by atoms with Crippen molar-refractivity contribution in [2.45, 2.75) is 31.6 Å². The highest BCUT2D eigenvalue weighted by atomic mass is 16.5. The molecule has 128 valence electrons. The van der Waals surface area contributed by atoms with E-state index in [1.54, 1.807) is 7.11 Å². The van der Waals surface area contributed by atoms with E-state index in [9.17, 15) is 4.79 Å². The number of nitrogens with one attached hydrogen (secondary N) is 1. The van der Waals surface area contributed by atoms with E-state index in [0.717, 1.165) is 32.5 Å². The van der Waals surface area contributed by atoms with Crippen LogP contribution in [-0.4, -0.2) is 66.1 Å². The number of carbonyl (C=O) groups is 1. The number of methoxy groups -OCH3 is 1. The number of hydrogen-bond acceptors (Lipinski definition) is 5. The highest BCUT2D eigenvalue weighted by Gasteiger charge is 2.41. The fourth-order valence-corrected chi connectivity index (χ4v) is 3.51. The van der Waals surface area contributed by atoms with Crippen LogP contribution < -0.4 is 5.32 Å². The summed E-state index contributed by atoms with van der Waals surface area (Å²) in [6.45, 7) is 3.91. The molecular formula is C16H26N4O3. The van der Waals surface area contributed by atoms with Gasteiger partial charge in [0.1, 0.15) is 6.10 Å². The van der Waals surface area contributed by atoms with E-state index in [1.807, 2.05) is 24.1 Å². The van der Waals surface area contributed by atoms with Gasteiger partial charge in [0.2, 0.25) is 5.91 Å². The number of nitrogens with zero attached hydrogens (tertiary/aromatic N) is 3. The summed E-state index contributed by atoms with van der Waals surface area (Å²) >= 11 is 0. The minimum absolute atomic E-state index is 0.00439. The van der Waals surface area contributed by atoms with Gasteiger partial charge < -0.3 is 14.8 Å². The van der Waals surface area contributed by atoms with Crippen LogP contribution in [0.5, 0.6) is 0 Å². The van der Waals surface area contributed by atoms with E-state index >= 15 is 0 Å². The molecule has 0 aliphatic carbocycles. The fraction of sp³-hybridized carbons (Fsp3) is 0.750. The summed E-state index contributed by atoms with van der Waals surface area (Å²) in [4.78, 5) is 14.5. The van der Waals surface area contributed by atoms with Crippen LogP contribution in [0.3, 0.4) is 0 Å². The minimum Gasteiger partial charge on any atom is -0.383 e. The lowest BCUT2D eigenvalue weighted by atomic mass is 9.91. The lowest BCUT2D eigenvalue weighted by Gasteiger charge is -2.33. The normalized spacial score (nSPS) is 27.8. The van der Waals surface area contributed by atoms with Crippen molar-refractivity contribution in [2.75, 3.05) is 33.4 Å². The number of likely N-dealkylation sites (tertiary alicyclic amines) is 1. The third-order valence-corrected chi connectivity index (χ3v) is 4.70. The topological polar surface area (TPSA) is 68.6 Å². The molecule has 0 bridgehead atoms. The van der Waals surface area contributed by atoms with Crippen LogP contribution in [0.2, 0.25) is 0 Å². The van der Waals surface area contributed by atoms with Crippen LogP contribution in [0.25, 0.3) is 0 Å². The fourth-order valence-electron chi connectivity index (χ4n) is 3.51. The first-order valence-corrected chi connectivity index (χ1v) is 8.27. The number of carbonyl (C=O) groups excluding carboxylic acids is 1. The maximum atomic E-state index is 12.1. The Morgan fingerprint density at radius 1 is 1.57 bits per heavy atom. The first-order valence-electron chi connectivity index (χ1n) is 8.27. The zero-order valence-corrected chi connectivity index (χ0v) is 13.9. The van der Waals surface area contributed by atoms with Gasteiger partial charge in [-0.3, -0.25) is 14.4 Å². The lowest BCUT2D eigenvalue weighted by Crippen LogP contribution is -2.42. The van der Waals surface area contributed by atoms with Gasteiger partial charge in [0.25, 0.3) is 0 Å². The Balaban J connectivity index is 1.48. The third kappa shape index (κ3) is 4.10. The number of piperidine rings is 1. The van der Waals surface area contributed by atoms with E-state index < -0.39 is 0 Å². The predicted molar refractivity (Wildman–Crippen MR) is 84.8 cm³/mol. The molecule has 7 heteroatoms. The molecule has 1 amide bonds. The number of aromatic nitrogens is 2. The van der Waals surface area contributed by atoms with Gasteiger partial charge in [0.15, 0.2) is 0 Å². The van der Waals surface area contributed by atoms with Crippen molar-refractivity contribution < 1.29 is 14.3 Å². The molecule has 3 heterocycles. The van der Waals surface area contributed by atoms with Crippen molar-refractivity contribution in [1.82, 2.24) is 20.0 Å². The average Bonchev–Trinajstić information content (AvgIpc) is 3.13. The first kappa shape index (κ1) is 16.4. The van der Waals surface area contributed by atoms with Gasteiger partial charge >= 0.3 is 0 Å². The molecule has 0 aromatic carbocycles. The van der Waals surface area contributed by atoms with Gasteiger partial charge in [-0.2, -0.15) is 5.10 Å². The Morgan fingerprint density at radius 2 is 2.43 bits per heavy atom. The molecule has 2 saturated heterocycles. The number of hydrogen-bond donors (Lipinski definition) is 1. The average molecular weight is 322 g/mol. The maximum Gasteiger partial charge on any atom is 0.249 e. The van der Waals surface area contributed by atoms with E-state index in [1.165, 1.54) is 5.56 Å². The predicted octanol–water partition coefficient (Wildman–Crippen LogP) is 0.162. The smallest absolute Gasteiger partial charge is 0.249 e. The van der Waals surface area contributed by atoms with Gasteiger partial charge in [-0.05, 0) is 25.3 Å². The van der Waals surface area contributed by atoms with Gasteiger partial charge in [-0.25, -0.2) is 0 Å². The van der Waals surface area contributed by atoms with Crippen LogP contribution in [0, 0.1) is 5.92 Å². The quantitative estimate of drug-likeness (QED) is 0.756. The monoisotopic (exact) mass is 322 g/mol. The number of fused-ring (bicyclic) bond motifs is 1. The molecule has 0 spiro atoms. The Kier molecular flexibility index (Phi) is 5.30. The molecule has 2 aliphatic rings. The molecule has 1 aromatic rings. The molecule has 7 nitrogen and oxygen atoms in total. The summed E-state index contributed by atoms with van der Waals surface area (Å²) in [5.41, 5.74) is 1.22. The minimum atomic E-state index is -0.305. The lowest BCUT2D eigenvalue weighted by molar-refractivity contribution is -0.133. The first-order chi connectivity index (χ1) is 11.2. The van der Waals surface area contributed by atoms with E-state index in [-0.39, 0.29) is 18.1 Å². The summed E-state index contributed by atoms with van der Waals surface area (Å²) in [6.07, 6.45) is 5.75. The van der Waals surface area contributed by atoms with Crippen molar-refractivity contribution in [3.63, 3.8) is 0 Å². The van der Waals surface area contributed by atoms with Crippen molar-refractivity contribution in [3.05, 3.63) is 18.0 Å². The summed E-state index contributed by atoms with van der Waals surface area (Å²) in [5, 5.41) is 7.09. The van der Waals surface area contributed by atoms with Crippen molar-refractivity contribution >= 4 is 5.91 Å². The van der Waals surface area contributed by atoms with Crippen LogP contribution in [0.15, 0.2) is 12.4 Å². The molecule has 2 fully saturated rings. The Morgan fingerprint density at radius 3 is 3.17 bits per heavy atom. The molecule has 0 saturated carbocycles. The van der Waals surface area contributed by atoms with Crippen LogP contribution in [-0.2, 0) is 27.9 Å². The number of aryl methyl sites for hydroxylation is 1. The van der Waals surface area contributed by atoms with Gasteiger partial charge in [-0.15, -0.1) is 0 Å². The summed E-state index contributed by atoms with van der Waals surface area (Å²) in [6, 6.07) is 0. The largest absolute Gasteiger partial charge is 0.383 e. The van der Waals surface area contributed by atoms with Crippen molar-refractivity contribution in [1.29, 1.82) is 0 Å². The molecule has 0 unspecified atom stereocenters. The third-order valence-electron chi connectivity index (χ3n) is 4.70. The van der Waals surface area contributed by atoms with E-state index in [0.29, 0.717) is 19.1 Å². The zero-order chi connectivity index (χ0) is 16.2. The van der Waals surface area contributed by atoms with Crippen molar-refractivity contribution in [2.24, 2.45) is 13.0 Å². The van der Waals surface area contributed by atoms with E-state index in [4.69, 9.17) is 9.47 Å². The molecule has 3 atom stereocenters. The second-order valence-electron chi connectivity index (χ2n) is 6.49. The Hall–Kier alpha value is -1.44. The number of rotatable bonds is 6. The van der Waals surface area contributed by atoms with Gasteiger partial charge in [0, 0.05) is 45.6 Å². The van der Waals surface area contributed by atoms with Crippen LogP contribution in [0.1, 0.15) is 18.4 Å². The maximum absolute atomic E-state index is 12.1. The molecular weight excluding hydrogens is 296 g/mol. The zero-order valence-electron chi connectivity index (χ0n) is 13.9. The van der Waals surface area contributed by atoms with Gasteiger partial charge in [0.05, 0.1) is 18.9 Å². The summed E-state index contributed by atoms with van der Waals surface area (Å²) in [7, 11) is 3.56. The SMILES string of the molecule is COCCNC(=O)[C@H]1C[C@@H]2CCN(Cc3cnn(C)c3)C[C@H]2O1. The van der Waals surface area contributed by atoms with Crippen LogP contribution in [0.4, 0.5) is 0 Å². The summed E-state index contributed by atoms with van der Waals surface area (Å²) in [5.74, 6) is 0.494. The second kappa shape index (κ2) is 7.42. The Labute approximate surface area is 136 Å². The van der Waals surface area contributed by atoms with E-state index in [2.05, 4.69) is 15.3 Å². The Bertz CT molecular complexity index is 533. The molecule has 0 radical (unpaired) electrons.